The van der Waals surface area contributed by atoms with Gasteiger partial charge in [-0.2, -0.15) is 0 Å². The lowest BCUT2D eigenvalue weighted by molar-refractivity contribution is -0.120. The Morgan fingerprint density at radius 1 is 1.07 bits per heavy atom. The number of aryl methyl sites for hydroxylation is 3. The van der Waals surface area contributed by atoms with Crippen molar-refractivity contribution >= 4 is 17.6 Å². The third-order valence-corrected chi connectivity index (χ3v) is 5.99. The topological polar surface area (TPSA) is 65.5 Å². The van der Waals surface area contributed by atoms with E-state index >= 15 is 0 Å². The van der Waals surface area contributed by atoms with Crippen LogP contribution in [-0.4, -0.2) is 54.4 Å². The van der Waals surface area contributed by atoms with Gasteiger partial charge in [-0.25, -0.2) is 4.98 Å². The van der Waals surface area contributed by atoms with Crippen LogP contribution >= 0.6 is 0 Å². The van der Waals surface area contributed by atoms with E-state index in [-0.39, 0.29) is 17.7 Å². The van der Waals surface area contributed by atoms with E-state index in [2.05, 4.69) is 28.2 Å². The van der Waals surface area contributed by atoms with Gasteiger partial charge in [-0.05, 0) is 61.6 Å². The van der Waals surface area contributed by atoms with Gasteiger partial charge in [0.15, 0.2) is 0 Å². The number of amides is 2. The van der Waals surface area contributed by atoms with Crippen molar-refractivity contribution in [2.24, 2.45) is 0 Å². The number of nitrogens with zero attached hydrogens (tertiary/aromatic N) is 3. The number of carbonyl (C=O) groups is 2. The number of nitrogens with one attached hydrogen (secondary N) is 1. The molecule has 2 saturated heterocycles. The highest BCUT2D eigenvalue weighted by molar-refractivity contribution is 5.95. The molecule has 0 bridgehead atoms. The minimum Gasteiger partial charge on any atom is -0.356 e. The fourth-order valence-corrected chi connectivity index (χ4v) is 4.43. The van der Waals surface area contributed by atoms with Gasteiger partial charge in [0.05, 0.1) is 5.92 Å². The number of pyridine rings is 1. The van der Waals surface area contributed by atoms with Gasteiger partial charge in [0, 0.05) is 44.5 Å². The predicted octanol–water partition coefficient (Wildman–Crippen LogP) is 2.57. The van der Waals surface area contributed by atoms with Crippen molar-refractivity contribution in [1.82, 2.24) is 15.2 Å². The summed E-state index contributed by atoms with van der Waals surface area (Å²) in [6.07, 6.45) is 2.72. The van der Waals surface area contributed by atoms with Gasteiger partial charge in [0.25, 0.3) is 5.91 Å². The summed E-state index contributed by atoms with van der Waals surface area (Å²) in [4.78, 5) is 33.8. The molecule has 0 spiro atoms. The average molecular weight is 393 g/mol. The lowest BCUT2D eigenvalue weighted by Crippen LogP contribution is -2.49. The Hall–Kier alpha value is -2.89. The number of aromatic nitrogens is 1. The molecule has 2 aliphatic rings. The van der Waals surface area contributed by atoms with Crippen LogP contribution in [-0.2, 0) is 4.79 Å². The highest BCUT2D eigenvalue weighted by Crippen LogP contribution is 2.27. The Labute approximate surface area is 171 Å². The molecule has 1 atom stereocenters. The molecule has 0 aliphatic carbocycles. The molecule has 1 aromatic carbocycles. The second-order valence-electron chi connectivity index (χ2n) is 8.14. The monoisotopic (exact) mass is 392 g/mol. The fourth-order valence-electron chi connectivity index (χ4n) is 4.43. The third kappa shape index (κ3) is 3.84. The Morgan fingerprint density at radius 2 is 1.83 bits per heavy atom. The van der Waals surface area contributed by atoms with E-state index in [1.807, 2.05) is 43.1 Å². The molecule has 1 unspecified atom stereocenters. The van der Waals surface area contributed by atoms with Gasteiger partial charge < -0.3 is 15.1 Å². The van der Waals surface area contributed by atoms with Crippen molar-refractivity contribution in [3.05, 3.63) is 58.3 Å². The van der Waals surface area contributed by atoms with E-state index in [4.69, 9.17) is 0 Å². The van der Waals surface area contributed by atoms with Crippen LogP contribution in [0, 0.1) is 20.8 Å². The number of hydrogen-bond donors (Lipinski definition) is 1. The molecule has 3 heterocycles. The molecular weight excluding hydrogens is 364 g/mol. The lowest BCUT2D eigenvalue weighted by Gasteiger charge is -2.36. The summed E-state index contributed by atoms with van der Waals surface area (Å²) in [7, 11) is 0. The van der Waals surface area contributed by atoms with Gasteiger partial charge in [-0.1, -0.05) is 12.1 Å². The van der Waals surface area contributed by atoms with Crippen molar-refractivity contribution in [2.75, 3.05) is 37.6 Å². The normalized spacial score (nSPS) is 19.4. The minimum absolute atomic E-state index is 0.0590. The summed E-state index contributed by atoms with van der Waals surface area (Å²) in [6, 6.07) is 7.90. The van der Waals surface area contributed by atoms with E-state index < -0.39 is 0 Å². The van der Waals surface area contributed by atoms with E-state index in [0.29, 0.717) is 18.7 Å². The summed E-state index contributed by atoms with van der Waals surface area (Å²) < 4.78 is 0. The molecule has 0 radical (unpaired) electrons. The molecule has 4 rings (SSSR count). The van der Waals surface area contributed by atoms with Crippen LogP contribution < -0.4 is 10.2 Å². The molecule has 2 amide bonds. The smallest absolute Gasteiger partial charge is 0.253 e. The van der Waals surface area contributed by atoms with Crippen LogP contribution in [0.1, 0.15) is 45.0 Å². The molecule has 6 nitrogen and oxygen atoms in total. The summed E-state index contributed by atoms with van der Waals surface area (Å²) in [6.45, 7) is 9.77. The summed E-state index contributed by atoms with van der Waals surface area (Å²) in [5.74, 6) is 1.07. The molecular formula is C23H28N4O2. The fraction of sp³-hybridized carbons (Fsp3) is 0.435. The van der Waals surface area contributed by atoms with Crippen molar-refractivity contribution in [1.29, 1.82) is 0 Å². The molecule has 2 aliphatic heterocycles. The van der Waals surface area contributed by atoms with Crippen molar-refractivity contribution in [2.45, 2.75) is 33.1 Å². The van der Waals surface area contributed by atoms with Crippen LogP contribution in [0.2, 0.25) is 0 Å². The maximum atomic E-state index is 13.0. The first-order valence-corrected chi connectivity index (χ1v) is 10.3. The Kier molecular flexibility index (Phi) is 5.26. The average Bonchev–Trinajstić information content (AvgIpc) is 3.13. The molecule has 152 valence electrons. The largest absolute Gasteiger partial charge is 0.356 e. The molecule has 6 heteroatoms. The molecule has 0 saturated carbocycles. The maximum Gasteiger partial charge on any atom is 0.253 e. The Morgan fingerprint density at radius 3 is 2.45 bits per heavy atom. The summed E-state index contributed by atoms with van der Waals surface area (Å²) in [5.41, 5.74) is 5.07. The van der Waals surface area contributed by atoms with E-state index in [1.54, 1.807) is 0 Å². The Bertz CT molecular complexity index is 948. The number of rotatable bonds is 3. The second-order valence-corrected chi connectivity index (χ2v) is 8.14. The minimum atomic E-state index is -0.0899. The first-order valence-electron chi connectivity index (χ1n) is 10.3. The van der Waals surface area contributed by atoms with Gasteiger partial charge in [-0.3, -0.25) is 9.59 Å². The highest BCUT2D eigenvalue weighted by atomic mass is 16.2. The van der Waals surface area contributed by atoms with E-state index in [0.717, 1.165) is 48.6 Å². The lowest BCUT2D eigenvalue weighted by atomic mass is 9.92. The molecule has 1 N–H and O–H groups in total. The number of piperazine rings is 1. The van der Waals surface area contributed by atoms with E-state index in [9.17, 15) is 9.59 Å². The first-order chi connectivity index (χ1) is 13.9. The predicted molar refractivity (Wildman–Crippen MR) is 113 cm³/mol. The number of benzene rings is 1. The van der Waals surface area contributed by atoms with Crippen molar-refractivity contribution < 1.29 is 9.59 Å². The zero-order valence-corrected chi connectivity index (χ0v) is 17.4. The zero-order valence-electron chi connectivity index (χ0n) is 17.4. The molecule has 29 heavy (non-hydrogen) atoms. The number of carbonyl (C=O) groups excluding carboxylic acids is 2. The molecule has 2 aromatic rings. The highest BCUT2D eigenvalue weighted by Gasteiger charge is 2.28. The van der Waals surface area contributed by atoms with Crippen LogP contribution in [0.4, 0.5) is 5.82 Å². The Balaban J connectivity index is 1.43. The zero-order chi connectivity index (χ0) is 20.5. The van der Waals surface area contributed by atoms with Crippen LogP contribution in [0.25, 0.3) is 0 Å². The third-order valence-electron chi connectivity index (χ3n) is 5.99. The van der Waals surface area contributed by atoms with Crippen LogP contribution in [0.3, 0.4) is 0 Å². The van der Waals surface area contributed by atoms with Crippen LogP contribution in [0.15, 0.2) is 30.5 Å². The molecule has 1 aromatic heterocycles. The van der Waals surface area contributed by atoms with E-state index in [1.165, 1.54) is 5.56 Å². The number of hydrogen-bond acceptors (Lipinski definition) is 4. The summed E-state index contributed by atoms with van der Waals surface area (Å²) >= 11 is 0. The summed E-state index contributed by atoms with van der Waals surface area (Å²) in [5, 5.41) is 2.89. The quantitative estimate of drug-likeness (QED) is 0.872. The first kappa shape index (κ1) is 19.4. The van der Waals surface area contributed by atoms with Gasteiger partial charge in [0.1, 0.15) is 5.82 Å². The second kappa shape index (κ2) is 7.85. The van der Waals surface area contributed by atoms with Gasteiger partial charge in [0.2, 0.25) is 5.91 Å². The maximum absolute atomic E-state index is 13.0. The SMILES string of the molecule is Cc1cnc(N2CCN(C(=O)c3ccc(C4CCNC4=O)c(C)c3)CC2)c(C)c1. The number of anilines is 1. The van der Waals surface area contributed by atoms with Gasteiger partial charge >= 0.3 is 0 Å². The standard InChI is InChI=1S/C23H28N4O2/c1-15-12-17(3)21(25-14-15)26-8-10-27(11-9-26)23(29)18-4-5-19(16(2)13-18)20-6-7-24-22(20)28/h4-5,12-14,20H,6-11H2,1-3H3,(H,24,28). The molecule has 2 fully saturated rings. The van der Waals surface area contributed by atoms with Crippen molar-refractivity contribution in [3.8, 4) is 0 Å². The van der Waals surface area contributed by atoms with Crippen LogP contribution in [0.5, 0.6) is 0 Å². The van der Waals surface area contributed by atoms with Gasteiger partial charge in [-0.15, -0.1) is 0 Å². The van der Waals surface area contributed by atoms with Crippen molar-refractivity contribution in [3.63, 3.8) is 0 Å².